The average molecular weight is 150 g/mol. The Morgan fingerprint density at radius 2 is 2.45 bits per heavy atom. The van der Waals surface area contributed by atoms with Crippen molar-refractivity contribution in [3.63, 3.8) is 0 Å². The molecule has 0 bridgehead atoms. The fourth-order valence-corrected chi connectivity index (χ4v) is 2.42. The number of Topliss-reactive ketones (excluding diaryl/α,β-unsaturated/α-hetero) is 1. The smallest absolute Gasteiger partial charge is 0.140 e. The van der Waals surface area contributed by atoms with Gasteiger partial charge in [0, 0.05) is 11.8 Å². The Kier molecular flexibility index (Phi) is 1.59. The summed E-state index contributed by atoms with van der Waals surface area (Å²) in [5.74, 6) is 1.92. The maximum absolute atomic E-state index is 11.4. The molecule has 0 radical (unpaired) electrons. The van der Waals surface area contributed by atoms with Crippen LogP contribution < -0.4 is 0 Å². The highest BCUT2D eigenvalue weighted by atomic mass is 16.1. The molecule has 0 amide bonds. The molecule has 2 aliphatic carbocycles. The van der Waals surface area contributed by atoms with Crippen LogP contribution in [0.15, 0.2) is 12.2 Å². The molecule has 0 aromatic carbocycles. The van der Waals surface area contributed by atoms with Gasteiger partial charge in [0.1, 0.15) is 5.78 Å². The number of carbonyl (C=O) groups is 1. The van der Waals surface area contributed by atoms with Gasteiger partial charge in [-0.15, -0.1) is 0 Å². The number of allylic oxidation sites excluding steroid dienone is 2. The lowest BCUT2D eigenvalue weighted by Crippen LogP contribution is -2.47. The molecule has 0 saturated heterocycles. The number of hydrogen-bond donors (Lipinski definition) is 0. The first kappa shape index (κ1) is 7.08. The zero-order valence-electron chi connectivity index (χ0n) is 6.92. The molecule has 11 heavy (non-hydrogen) atoms. The highest BCUT2D eigenvalue weighted by Crippen LogP contribution is 2.44. The topological polar surface area (TPSA) is 17.1 Å². The van der Waals surface area contributed by atoms with Crippen molar-refractivity contribution >= 4 is 5.78 Å². The second kappa shape index (κ2) is 2.47. The Morgan fingerprint density at radius 1 is 1.64 bits per heavy atom. The van der Waals surface area contributed by atoms with Crippen molar-refractivity contribution in [3.05, 3.63) is 12.2 Å². The summed E-state index contributed by atoms with van der Waals surface area (Å²) in [4.78, 5) is 11.4. The third-order valence-electron chi connectivity index (χ3n) is 3.10. The van der Waals surface area contributed by atoms with E-state index in [0.29, 0.717) is 23.5 Å². The standard InChI is InChI=1S/C10H14O/c1-2-7-8-5-3-4-6-9(8)10(7)11/h3,5,7-9H,2,4,6H2,1H3. The molecule has 0 aromatic rings. The van der Waals surface area contributed by atoms with Crippen LogP contribution in [0.3, 0.4) is 0 Å². The number of carbonyl (C=O) groups excluding carboxylic acids is 1. The molecule has 0 N–H and O–H groups in total. The van der Waals surface area contributed by atoms with Gasteiger partial charge in [-0.3, -0.25) is 4.79 Å². The van der Waals surface area contributed by atoms with E-state index in [0.717, 1.165) is 19.3 Å². The van der Waals surface area contributed by atoms with E-state index in [9.17, 15) is 4.79 Å². The van der Waals surface area contributed by atoms with Gasteiger partial charge in [-0.05, 0) is 25.2 Å². The number of hydrogen-bond acceptors (Lipinski definition) is 1. The SMILES string of the molecule is CCC1C(=O)C2CCC=CC12. The first-order valence-electron chi connectivity index (χ1n) is 4.55. The highest BCUT2D eigenvalue weighted by Gasteiger charge is 2.46. The summed E-state index contributed by atoms with van der Waals surface area (Å²) < 4.78 is 0. The van der Waals surface area contributed by atoms with Crippen LogP contribution in [0.2, 0.25) is 0 Å². The minimum absolute atomic E-state index is 0.372. The van der Waals surface area contributed by atoms with Gasteiger partial charge in [0.2, 0.25) is 0 Å². The Balaban J connectivity index is 2.13. The van der Waals surface area contributed by atoms with Crippen molar-refractivity contribution in [1.82, 2.24) is 0 Å². The van der Waals surface area contributed by atoms with E-state index < -0.39 is 0 Å². The van der Waals surface area contributed by atoms with Crippen molar-refractivity contribution in [1.29, 1.82) is 0 Å². The second-order valence-corrected chi connectivity index (χ2v) is 3.61. The van der Waals surface area contributed by atoms with Crippen LogP contribution in [-0.2, 0) is 4.79 Å². The summed E-state index contributed by atoms with van der Waals surface area (Å²) in [6.45, 7) is 2.11. The summed E-state index contributed by atoms with van der Waals surface area (Å²) in [6.07, 6.45) is 7.74. The molecule has 2 aliphatic rings. The van der Waals surface area contributed by atoms with Gasteiger partial charge in [-0.25, -0.2) is 0 Å². The summed E-state index contributed by atoms with van der Waals surface area (Å²) in [5, 5.41) is 0. The predicted molar refractivity (Wildman–Crippen MR) is 44.1 cm³/mol. The van der Waals surface area contributed by atoms with Crippen LogP contribution in [0.1, 0.15) is 26.2 Å². The van der Waals surface area contributed by atoms with Crippen molar-refractivity contribution < 1.29 is 4.79 Å². The van der Waals surface area contributed by atoms with Crippen LogP contribution >= 0.6 is 0 Å². The molecule has 2 rings (SSSR count). The predicted octanol–water partition coefficient (Wildman–Crippen LogP) is 2.18. The first-order chi connectivity index (χ1) is 5.34. The van der Waals surface area contributed by atoms with Crippen LogP contribution in [0.5, 0.6) is 0 Å². The molecule has 1 nitrogen and oxygen atoms in total. The van der Waals surface area contributed by atoms with E-state index in [-0.39, 0.29) is 0 Å². The minimum Gasteiger partial charge on any atom is -0.299 e. The minimum atomic E-state index is 0.372. The van der Waals surface area contributed by atoms with E-state index in [2.05, 4.69) is 19.1 Å². The largest absolute Gasteiger partial charge is 0.299 e. The molecule has 0 heterocycles. The van der Waals surface area contributed by atoms with Crippen LogP contribution in [-0.4, -0.2) is 5.78 Å². The molecule has 3 atom stereocenters. The Bertz CT molecular complexity index is 205. The number of fused-ring (bicyclic) bond motifs is 1. The maximum Gasteiger partial charge on any atom is 0.140 e. The maximum atomic E-state index is 11.4. The van der Waals surface area contributed by atoms with E-state index in [1.807, 2.05) is 0 Å². The third kappa shape index (κ3) is 0.867. The molecule has 1 heteroatoms. The van der Waals surface area contributed by atoms with Crippen molar-refractivity contribution in [2.75, 3.05) is 0 Å². The normalized spacial score (nSPS) is 41.5. The van der Waals surface area contributed by atoms with Crippen molar-refractivity contribution in [2.45, 2.75) is 26.2 Å². The molecule has 0 aromatic heterocycles. The van der Waals surface area contributed by atoms with Gasteiger partial charge < -0.3 is 0 Å². The molecular formula is C10H14O. The van der Waals surface area contributed by atoms with Crippen molar-refractivity contribution in [2.24, 2.45) is 17.8 Å². The van der Waals surface area contributed by atoms with E-state index in [4.69, 9.17) is 0 Å². The second-order valence-electron chi connectivity index (χ2n) is 3.61. The third-order valence-corrected chi connectivity index (χ3v) is 3.10. The van der Waals surface area contributed by atoms with Crippen LogP contribution in [0, 0.1) is 17.8 Å². The fourth-order valence-electron chi connectivity index (χ4n) is 2.42. The number of rotatable bonds is 1. The fraction of sp³-hybridized carbons (Fsp3) is 0.700. The molecule has 1 saturated carbocycles. The Morgan fingerprint density at radius 3 is 3.18 bits per heavy atom. The van der Waals surface area contributed by atoms with E-state index in [1.165, 1.54) is 0 Å². The molecule has 60 valence electrons. The van der Waals surface area contributed by atoms with Crippen LogP contribution in [0.25, 0.3) is 0 Å². The summed E-state index contributed by atoms with van der Waals surface area (Å²) in [5.41, 5.74) is 0. The summed E-state index contributed by atoms with van der Waals surface area (Å²) in [6, 6.07) is 0. The summed E-state index contributed by atoms with van der Waals surface area (Å²) >= 11 is 0. The molecular weight excluding hydrogens is 136 g/mol. The van der Waals surface area contributed by atoms with Crippen LogP contribution in [0.4, 0.5) is 0 Å². The average Bonchev–Trinajstić information content (AvgIpc) is 2.05. The zero-order valence-corrected chi connectivity index (χ0v) is 6.92. The van der Waals surface area contributed by atoms with Gasteiger partial charge in [-0.2, -0.15) is 0 Å². The lowest BCUT2D eigenvalue weighted by molar-refractivity contribution is -0.141. The van der Waals surface area contributed by atoms with Gasteiger partial charge in [0.25, 0.3) is 0 Å². The van der Waals surface area contributed by atoms with Gasteiger partial charge in [0.15, 0.2) is 0 Å². The lowest BCUT2D eigenvalue weighted by Gasteiger charge is -2.43. The first-order valence-corrected chi connectivity index (χ1v) is 4.55. The number of ketones is 1. The Labute approximate surface area is 67.5 Å². The molecule has 1 fully saturated rings. The monoisotopic (exact) mass is 150 g/mol. The Hall–Kier alpha value is -0.590. The van der Waals surface area contributed by atoms with Crippen molar-refractivity contribution in [3.8, 4) is 0 Å². The zero-order chi connectivity index (χ0) is 7.84. The lowest BCUT2D eigenvalue weighted by atomic mass is 9.59. The van der Waals surface area contributed by atoms with Gasteiger partial charge in [0.05, 0.1) is 0 Å². The van der Waals surface area contributed by atoms with E-state index in [1.54, 1.807) is 0 Å². The molecule has 3 unspecified atom stereocenters. The molecule has 0 spiro atoms. The van der Waals surface area contributed by atoms with Gasteiger partial charge >= 0.3 is 0 Å². The quantitative estimate of drug-likeness (QED) is 0.523. The highest BCUT2D eigenvalue weighted by molar-refractivity contribution is 5.90. The van der Waals surface area contributed by atoms with Gasteiger partial charge in [-0.1, -0.05) is 19.1 Å². The summed E-state index contributed by atoms with van der Waals surface area (Å²) in [7, 11) is 0. The van der Waals surface area contributed by atoms with E-state index >= 15 is 0 Å². The molecule has 0 aliphatic heterocycles.